The van der Waals surface area contributed by atoms with E-state index in [9.17, 15) is 4.79 Å². The van der Waals surface area contributed by atoms with E-state index in [0.29, 0.717) is 29.5 Å². The van der Waals surface area contributed by atoms with E-state index in [0.717, 1.165) is 11.1 Å². The van der Waals surface area contributed by atoms with Crippen molar-refractivity contribution < 1.29 is 18.7 Å². The second-order valence-corrected chi connectivity index (χ2v) is 5.22. The fourth-order valence-corrected chi connectivity index (χ4v) is 2.39. The second kappa shape index (κ2) is 7.04. The third kappa shape index (κ3) is 3.48. The summed E-state index contributed by atoms with van der Waals surface area (Å²) in [4.78, 5) is 16.4. The van der Waals surface area contributed by atoms with Gasteiger partial charge in [0.1, 0.15) is 11.9 Å². The van der Waals surface area contributed by atoms with Crippen LogP contribution in [0.2, 0.25) is 0 Å². The molecule has 124 valence electrons. The number of aromatic nitrogens is 1. The van der Waals surface area contributed by atoms with E-state index in [-0.39, 0.29) is 12.3 Å². The molecule has 1 N–H and O–H groups in total. The molecule has 0 aliphatic rings. The molecule has 3 rings (SSSR count). The number of nitrogens with zero attached hydrogens (tertiary/aromatic N) is 1. The van der Waals surface area contributed by atoms with Crippen LogP contribution < -0.4 is 14.8 Å². The van der Waals surface area contributed by atoms with E-state index in [1.165, 1.54) is 0 Å². The normalized spacial score (nSPS) is 10.6. The van der Waals surface area contributed by atoms with Crippen molar-refractivity contribution in [3.8, 4) is 11.5 Å². The molecule has 0 spiro atoms. The summed E-state index contributed by atoms with van der Waals surface area (Å²) in [5, 5.41) is 2.85. The van der Waals surface area contributed by atoms with Crippen molar-refractivity contribution in [1.29, 1.82) is 0 Å². The number of oxazole rings is 1. The van der Waals surface area contributed by atoms with Crippen molar-refractivity contribution in [2.75, 3.05) is 14.2 Å². The third-order valence-corrected chi connectivity index (χ3v) is 3.59. The van der Waals surface area contributed by atoms with Gasteiger partial charge in [0.25, 0.3) is 0 Å². The zero-order chi connectivity index (χ0) is 16.9. The Labute approximate surface area is 139 Å². The number of methoxy groups -OCH3 is 2. The molecule has 0 aliphatic heterocycles. The first kappa shape index (κ1) is 15.9. The standard InChI is InChI=1S/C18H18N2O4/c1-22-15-8-7-12(9-16(15)23-2)11-19-17(21)10-18-20-13-5-3-4-6-14(13)24-18/h3-9H,10-11H2,1-2H3,(H,19,21). The monoisotopic (exact) mass is 326 g/mol. The van der Waals surface area contributed by atoms with Crippen LogP contribution in [0.5, 0.6) is 11.5 Å². The van der Waals surface area contributed by atoms with Crippen LogP contribution in [0.4, 0.5) is 0 Å². The van der Waals surface area contributed by atoms with Gasteiger partial charge < -0.3 is 19.2 Å². The van der Waals surface area contributed by atoms with E-state index < -0.39 is 0 Å². The average Bonchev–Trinajstić information content (AvgIpc) is 3.01. The Balaban J connectivity index is 1.61. The summed E-state index contributed by atoms with van der Waals surface area (Å²) in [6, 6.07) is 12.9. The first-order valence-electron chi connectivity index (χ1n) is 7.51. The van der Waals surface area contributed by atoms with E-state index in [1.54, 1.807) is 20.3 Å². The number of benzene rings is 2. The Kier molecular flexibility index (Phi) is 4.65. The predicted octanol–water partition coefficient (Wildman–Crippen LogP) is 2.70. The second-order valence-electron chi connectivity index (χ2n) is 5.22. The molecule has 6 nitrogen and oxygen atoms in total. The maximum atomic E-state index is 12.1. The van der Waals surface area contributed by atoms with Crippen LogP contribution in [0.3, 0.4) is 0 Å². The van der Waals surface area contributed by atoms with Gasteiger partial charge >= 0.3 is 0 Å². The van der Waals surface area contributed by atoms with E-state index >= 15 is 0 Å². The smallest absolute Gasteiger partial charge is 0.229 e. The topological polar surface area (TPSA) is 73.6 Å². The van der Waals surface area contributed by atoms with Crippen molar-refractivity contribution in [1.82, 2.24) is 10.3 Å². The number of carbonyl (C=O) groups excluding carboxylic acids is 1. The van der Waals surface area contributed by atoms with E-state index in [2.05, 4.69) is 10.3 Å². The molecule has 0 unspecified atom stereocenters. The molecule has 0 aliphatic carbocycles. The minimum absolute atomic E-state index is 0.0992. The van der Waals surface area contributed by atoms with Crippen molar-refractivity contribution in [3.63, 3.8) is 0 Å². The van der Waals surface area contributed by atoms with Crippen LogP contribution in [-0.2, 0) is 17.8 Å². The van der Waals surface area contributed by atoms with E-state index in [4.69, 9.17) is 13.9 Å². The van der Waals surface area contributed by atoms with Crippen molar-refractivity contribution >= 4 is 17.0 Å². The highest BCUT2D eigenvalue weighted by Gasteiger charge is 2.11. The SMILES string of the molecule is COc1ccc(CNC(=O)Cc2nc3ccccc3o2)cc1OC. The van der Waals surface area contributed by atoms with Gasteiger partial charge in [-0.25, -0.2) is 4.98 Å². The summed E-state index contributed by atoms with van der Waals surface area (Å²) in [6.07, 6.45) is 0.0992. The maximum absolute atomic E-state index is 12.1. The molecule has 1 heterocycles. The first-order valence-corrected chi connectivity index (χ1v) is 7.51. The number of hydrogen-bond acceptors (Lipinski definition) is 5. The number of carbonyl (C=O) groups is 1. The molecule has 0 bridgehead atoms. The molecular formula is C18H18N2O4. The van der Waals surface area contributed by atoms with Gasteiger partial charge in [-0.1, -0.05) is 18.2 Å². The van der Waals surface area contributed by atoms with Crippen molar-refractivity contribution in [2.24, 2.45) is 0 Å². The van der Waals surface area contributed by atoms with Gasteiger partial charge in [-0.05, 0) is 29.8 Å². The molecule has 1 amide bonds. The lowest BCUT2D eigenvalue weighted by atomic mass is 10.2. The number of rotatable bonds is 6. The molecule has 0 saturated heterocycles. The molecule has 0 atom stereocenters. The Morgan fingerprint density at radius 3 is 2.67 bits per heavy atom. The molecule has 1 aromatic heterocycles. The zero-order valence-corrected chi connectivity index (χ0v) is 13.5. The minimum atomic E-state index is -0.156. The Morgan fingerprint density at radius 2 is 1.92 bits per heavy atom. The molecule has 6 heteroatoms. The summed E-state index contributed by atoms with van der Waals surface area (Å²) in [6.45, 7) is 0.388. The predicted molar refractivity (Wildman–Crippen MR) is 89.1 cm³/mol. The Hall–Kier alpha value is -3.02. The summed E-state index contributed by atoms with van der Waals surface area (Å²) >= 11 is 0. The van der Waals surface area contributed by atoms with Gasteiger partial charge in [0.15, 0.2) is 17.1 Å². The summed E-state index contributed by atoms with van der Waals surface area (Å²) in [5.41, 5.74) is 2.35. The highest BCUT2D eigenvalue weighted by Crippen LogP contribution is 2.27. The van der Waals surface area contributed by atoms with Crippen LogP contribution in [0.1, 0.15) is 11.5 Å². The molecule has 24 heavy (non-hydrogen) atoms. The average molecular weight is 326 g/mol. The largest absolute Gasteiger partial charge is 0.493 e. The quantitative estimate of drug-likeness (QED) is 0.754. The van der Waals surface area contributed by atoms with E-state index in [1.807, 2.05) is 36.4 Å². The van der Waals surface area contributed by atoms with Gasteiger partial charge in [-0.2, -0.15) is 0 Å². The molecule has 0 radical (unpaired) electrons. The third-order valence-electron chi connectivity index (χ3n) is 3.59. The number of hydrogen-bond donors (Lipinski definition) is 1. The molecule has 0 fully saturated rings. The zero-order valence-electron chi connectivity index (χ0n) is 13.5. The van der Waals surface area contributed by atoms with Gasteiger partial charge in [-0.3, -0.25) is 4.79 Å². The summed E-state index contributed by atoms with van der Waals surface area (Å²) in [5.74, 6) is 1.53. The molecule has 0 saturated carbocycles. The number of ether oxygens (including phenoxy) is 2. The number of amides is 1. The van der Waals surface area contributed by atoms with Gasteiger partial charge in [-0.15, -0.1) is 0 Å². The van der Waals surface area contributed by atoms with Crippen LogP contribution in [-0.4, -0.2) is 25.1 Å². The fourth-order valence-electron chi connectivity index (χ4n) is 2.39. The van der Waals surface area contributed by atoms with Gasteiger partial charge in [0, 0.05) is 6.54 Å². The van der Waals surface area contributed by atoms with Crippen LogP contribution >= 0.6 is 0 Å². The van der Waals surface area contributed by atoms with Gasteiger partial charge in [0.05, 0.1) is 14.2 Å². The Bertz CT molecular complexity index is 824. The van der Waals surface area contributed by atoms with Gasteiger partial charge in [0.2, 0.25) is 11.8 Å². The fraction of sp³-hybridized carbons (Fsp3) is 0.222. The van der Waals surface area contributed by atoms with Crippen LogP contribution in [0.15, 0.2) is 46.9 Å². The lowest BCUT2D eigenvalue weighted by Gasteiger charge is -2.10. The van der Waals surface area contributed by atoms with Crippen molar-refractivity contribution in [2.45, 2.75) is 13.0 Å². The highest BCUT2D eigenvalue weighted by atomic mass is 16.5. The van der Waals surface area contributed by atoms with Crippen molar-refractivity contribution in [3.05, 3.63) is 53.9 Å². The number of fused-ring (bicyclic) bond motifs is 1. The molecule has 3 aromatic rings. The number of para-hydroxylation sites is 2. The number of nitrogens with one attached hydrogen (secondary N) is 1. The summed E-state index contributed by atoms with van der Waals surface area (Å²) in [7, 11) is 3.16. The van der Waals surface area contributed by atoms with Crippen LogP contribution in [0, 0.1) is 0 Å². The lowest BCUT2D eigenvalue weighted by Crippen LogP contribution is -2.24. The maximum Gasteiger partial charge on any atom is 0.229 e. The lowest BCUT2D eigenvalue weighted by molar-refractivity contribution is -0.120. The highest BCUT2D eigenvalue weighted by molar-refractivity contribution is 5.79. The molecule has 2 aromatic carbocycles. The van der Waals surface area contributed by atoms with Crippen LogP contribution in [0.25, 0.3) is 11.1 Å². The minimum Gasteiger partial charge on any atom is -0.493 e. The summed E-state index contributed by atoms with van der Waals surface area (Å²) < 4.78 is 16.0. The first-order chi connectivity index (χ1) is 11.7. The molecular weight excluding hydrogens is 308 g/mol. The Morgan fingerprint density at radius 1 is 1.12 bits per heavy atom.